The van der Waals surface area contributed by atoms with E-state index in [9.17, 15) is 0 Å². The predicted molar refractivity (Wildman–Crippen MR) is 68.4 cm³/mol. The molecule has 98 valence electrons. The Bertz CT molecular complexity index is 342. The second-order valence-corrected chi connectivity index (χ2v) is 4.79. The van der Waals surface area contributed by atoms with Crippen molar-refractivity contribution in [2.45, 2.75) is 39.3 Å². The highest BCUT2D eigenvalue weighted by Crippen LogP contribution is 2.11. The molecule has 0 bridgehead atoms. The van der Waals surface area contributed by atoms with Crippen molar-refractivity contribution in [3.63, 3.8) is 0 Å². The molecule has 0 aliphatic carbocycles. The summed E-state index contributed by atoms with van der Waals surface area (Å²) in [6.45, 7) is 10.2. The first-order valence-corrected chi connectivity index (χ1v) is 5.93. The molecule has 5 nitrogen and oxygen atoms in total. The fraction of sp³-hybridized carbons (Fsp3) is 0.818. The first kappa shape index (κ1) is 14.4. The Kier molecular flexibility index (Phi) is 5.36. The van der Waals surface area contributed by atoms with Crippen LogP contribution in [-0.4, -0.2) is 40.7 Å². The van der Waals surface area contributed by atoms with Crippen LogP contribution in [0.3, 0.4) is 0 Å². The van der Waals surface area contributed by atoms with Crippen LogP contribution >= 0.6 is 12.4 Å². The van der Waals surface area contributed by atoms with Gasteiger partial charge in [0.15, 0.2) is 5.82 Å². The largest absolute Gasteiger partial charge is 0.338 e. The Morgan fingerprint density at radius 1 is 1.53 bits per heavy atom. The molecule has 1 aromatic rings. The molecule has 2 rings (SSSR count). The molecule has 1 N–H and O–H groups in total. The van der Waals surface area contributed by atoms with Crippen LogP contribution < -0.4 is 5.32 Å². The second-order valence-electron chi connectivity index (χ2n) is 4.79. The molecule has 0 amide bonds. The molecule has 0 spiro atoms. The van der Waals surface area contributed by atoms with E-state index in [1.165, 1.54) is 0 Å². The first-order chi connectivity index (χ1) is 7.65. The van der Waals surface area contributed by atoms with Gasteiger partial charge in [-0.15, -0.1) is 12.4 Å². The normalized spacial score (nSPS) is 21.5. The van der Waals surface area contributed by atoms with Crippen molar-refractivity contribution in [1.29, 1.82) is 0 Å². The minimum Gasteiger partial charge on any atom is -0.338 e. The van der Waals surface area contributed by atoms with Gasteiger partial charge in [-0.2, -0.15) is 4.98 Å². The van der Waals surface area contributed by atoms with E-state index >= 15 is 0 Å². The van der Waals surface area contributed by atoms with Gasteiger partial charge in [-0.1, -0.05) is 19.0 Å². The second kappa shape index (κ2) is 6.33. The van der Waals surface area contributed by atoms with Crippen molar-refractivity contribution in [2.24, 2.45) is 0 Å². The zero-order valence-electron chi connectivity index (χ0n) is 10.6. The first-order valence-electron chi connectivity index (χ1n) is 5.93. The van der Waals surface area contributed by atoms with Gasteiger partial charge in [0, 0.05) is 31.6 Å². The molecular weight excluding hydrogens is 240 g/mol. The van der Waals surface area contributed by atoms with Gasteiger partial charge in [-0.05, 0) is 6.92 Å². The SMILES string of the molecule is CC1CN(Cc2nc(C(C)C)no2)CCN1.Cl. The van der Waals surface area contributed by atoms with Crippen LogP contribution in [0.5, 0.6) is 0 Å². The molecule has 1 aromatic heterocycles. The van der Waals surface area contributed by atoms with Gasteiger partial charge in [0.05, 0.1) is 6.54 Å². The lowest BCUT2D eigenvalue weighted by Gasteiger charge is -2.30. The van der Waals surface area contributed by atoms with Gasteiger partial charge in [0.1, 0.15) is 0 Å². The highest BCUT2D eigenvalue weighted by molar-refractivity contribution is 5.85. The Hall–Kier alpha value is -0.650. The monoisotopic (exact) mass is 260 g/mol. The lowest BCUT2D eigenvalue weighted by Crippen LogP contribution is -2.48. The molecule has 0 radical (unpaired) electrons. The lowest BCUT2D eigenvalue weighted by molar-refractivity contribution is 0.177. The Balaban J connectivity index is 0.00000144. The quantitative estimate of drug-likeness (QED) is 0.891. The van der Waals surface area contributed by atoms with E-state index < -0.39 is 0 Å². The Labute approximate surface area is 108 Å². The summed E-state index contributed by atoms with van der Waals surface area (Å²) in [5.74, 6) is 1.87. The number of rotatable bonds is 3. The molecule has 1 saturated heterocycles. The van der Waals surface area contributed by atoms with Crippen LogP contribution in [0.15, 0.2) is 4.52 Å². The van der Waals surface area contributed by atoms with Crippen molar-refractivity contribution >= 4 is 12.4 Å². The topological polar surface area (TPSA) is 54.2 Å². The average Bonchev–Trinajstić information content (AvgIpc) is 2.66. The molecule has 1 fully saturated rings. The predicted octanol–water partition coefficient (Wildman–Crippen LogP) is 1.41. The van der Waals surface area contributed by atoms with Gasteiger partial charge in [0.2, 0.25) is 5.89 Å². The summed E-state index contributed by atoms with van der Waals surface area (Å²) in [6.07, 6.45) is 0. The molecule has 1 unspecified atom stereocenters. The van der Waals surface area contributed by atoms with Crippen molar-refractivity contribution in [2.75, 3.05) is 19.6 Å². The molecule has 0 saturated carbocycles. The average molecular weight is 261 g/mol. The summed E-state index contributed by atoms with van der Waals surface area (Å²) in [5, 5.41) is 7.38. The highest BCUT2D eigenvalue weighted by Gasteiger charge is 2.18. The summed E-state index contributed by atoms with van der Waals surface area (Å²) in [5.41, 5.74) is 0. The van der Waals surface area contributed by atoms with Gasteiger partial charge < -0.3 is 9.84 Å². The standard InChI is InChI=1S/C11H20N4O.ClH/c1-8(2)11-13-10(16-14-11)7-15-5-4-12-9(3)6-15;/h8-9,12H,4-7H2,1-3H3;1H. The number of aromatic nitrogens is 2. The third kappa shape index (κ3) is 3.94. The van der Waals surface area contributed by atoms with E-state index in [0.717, 1.165) is 37.9 Å². The van der Waals surface area contributed by atoms with E-state index in [-0.39, 0.29) is 12.4 Å². The fourth-order valence-electron chi connectivity index (χ4n) is 1.91. The molecule has 1 aliphatic rings. The maximum Gasteiger partial charge on any atom is 0.240 e. The maximum atomic E-state index is 5.24. The van der Waals surface area contributed by atoms with Crippen molar-refractivity contribution in [3.05, 3.63) is 11.7 Å². The van der Waals surface area contributed by atoms with Crippen LogP contribution in [0.4, 0.5) is 0 Å². The molecule has 1 aliphatic heterocycles. The Morgan fingerprint density at radius 2 is 2.29 bits per heavy atom. The van der Waals surface area contributed by atoms with Gasteiger partial charge in [0.25, 0.3) is 0 Å². The number of halogens is 1. The zero-order valence-corrected chi connectivity index (χ0v) is 11.5. The fourth-order valence-corrected chi connectivity index (χ4v) is 1.91. The number of nitrogens with zero attached hydrogens (tertiary/aromatic N) is 3. The van der Waals surface area contributed by atoms with E-state index in [2.05, 4.69) is 41.1 Å². The molecular formula is C11H21ClN4O. The van der Waals surface area contributed by atoms with E-state index in [1.54, 1.807) is 0 Å². The van der Waals surface area contributed by atoms with Crippen LogP contribution in [0, 0.1) is 0 Å². The maximum absolute atomic E-state index is 5.24. The summed E-state index contributed by atoms with van der Waals surface area (Å²) < 4.78 is 5.24. The van der Waals surface area contributed by atoms with E-state index in [4.69, 9.17) is 4.52 Å². The minimum atomic E-state index is 0. The minimum absolute atomic E-state index is 0. The van der Waals surface area contributed by atoms with Crippen molar-refractivity contribution < 1.29 is 4.52 Å². The van der Waals surface area contributed by atoms with Gasteiger partial charge >= 0.3 is 0 Å². The summed E-state index contributed by atoms with van der Waals surface area (Å²) >= 11 is 0. The van der Waals surface area contributed by atoms with Gasteiger partial charge in [-0.3, -0.25) is 4.90 Å². The lowest BCUT2D eigenvalue weighted by atomic mass is 10.2. The zero-order chi connectivity index (χ0) is 11.5. The summed E-state index contributed by atoms with van der Waals surface area (Å²) in [4.78, 5) is 6.74. The molecule has 17 heavy (non-hydrogen) atoms. The Morgan fingerprint density at radius 3 is 2.88 bits per heavy atom. The third-order valence-electron chi connectivity index (χ3n) is 2.81. The highest BCUT2D eigenvalue weighted by atomic mass is 35.5. The van der Waals surface area contributed by atoms with Crippen LogP contribution in [-0.2, 0) is 6.54 Å². The van der Waals surface area contributed by atoms with Crippen LogP contribution in [0.25, 0.3) is 0 Å². The molecule has 1 atom stereocenters. The molecule has 6 heteroatoms. The number of hydrogen-bond acceptors (Lipinski definition) is 5. The molecule has 0 aromatic carbocycles. The summed E-state index contributed by atoms with van der Waals surface area (Å²) in [7, 11) is 0. The number of nitrogens with one attached hydrogen (secondary N) is 1. The smallest absolute Gasteiger partial charge is 0.240 e. The van der Waals surface area contributed by atoms with Crippen LogP contribution in [0.2, 0.25) is 0 Å². The van der Waals surface area contributed by atoms with Gasteiger partial charge in [-0.25, -0.2) is 0 Å². The summed E-state index contributed by atoms with van der Waals surface area (Å²) in [6, 6.07) is 0.543. The number of hydrogen-bond donors (Lipinski definition) is 1. The third-order valence-corrected chi connectivity index (χ3v) is 2.81. The van der Waals surface area contributed by atoms with Crippen LogP contribution in [0.1, 0.15) is 38.4 Å². The number of piperazine rings is 1. The van der Waals surface area contributed by atoms with E-state index in [0.29, 0.717) is 12.0 Å². The molecule has 2 heterocycles. The van der Waals surface area contributed by atoms with E-state index in [1.807, 2.05) is 0 Å². The van der Waals surface area contributed by atoms with Crippen molar-refractivity contribution in [1.82, 2.24) is 20.4 Å². The van der Waals surface area contributed by atoms with Crippen molar-refractivity contribution in [3.8, 4) is 0 Å².